The largest absolute Gasteiger partial charge is 0.466 e. The maximum atomic E-state index is 11.0. The van der Waals surface area contributed by atoms with Crippen molar-refractivity contribution in [2.45, 2.75) is 99.8 Å². The molecule has 0 rings (SSSR count). The van der Waals surface area contributed by atoms with Gasteiger partial charge >= 0.3 is 11.9 Å². The van der Waals surface area contributed by atoms with Gasteiger partial charge in [0.15, 0.2) is 0 Å². The number of ether oxygens (including phenoxy) is 2. The lowest BCUT2D eigenvalue weighted by molar-refractivity contribution is -0.144. The van der Waals surface area contributed by atoms with Crippen LogP contribution in [0.3, 0.4) is 0 Å². The Kier molecular flexibility index (Phi) is 28.0. The maximum Gasteiger partial charge on any atom is 0.306 e. The molecule has 0 aliphatic heterocycles. The van der Waals surface area contributed by atoms with Crippen LogP contribution >= 0.6 is 0 Å². The van der Waals surface area contributed by atoms with Crippen LogP contribution in [-0.4, -0.2) is 25.2 Å². The van der Waals surface area contributed by atoms with E-state index in [-0.39, 0.29) is 11.9 Å². The van der Waals surface area contributed by atoms with E-state index in [4.69, 9.17) is 4.74 Å². The van der Waals surface area contributed by atoms with E-state index in [0.717, 1.165) is 6.42 Å². The topological polar surface area (TPSA) is 52.6 Å². The first-order valence-electron chi connectivity index (χ1n) is 9.68. The summed E-state index contributed by atoms with van der Waals surface area (Å²) in [5.41, 5.74) is 0. The Morgan fingerprint density at radius 1 is 0.792 bits per heavy atom. The normalized spacial score (nSPS) is 10.5. The van der Waals surface area contributed by atoms with E-state index in [0.29, 0.717) is 25.6 Å². The molecule has 0 amide bonds. The van der Waals surface area contributed by atoms with Gasteiger partial charge in [0.25, 0.3) is 0 Å². The zero-order chi connectivity index (χ0) is 19.2. The van der Waals surface area contributed by atoms with E-state index in [2.05, 4.69) is 32.4 Å². The lowest BCUT2D eigenvalue weighted by Gasteiger charge is -2.08. The highest BCUT2D eigenvalue weighted by atomic mass is 16.5. The van der Waals surface area contributed by atoms with E-state index in [1.165, 1.54) is 45.4 Å². The van der Waals surface area contributed by atoms with Crippen LogP contribution in [0, 0.1) is 5.92 Å². The quantitative estimate of drug-likeness (QED) is 0.364. The summed E-state index contributed by atoms with van der Waals surface area (Å²) in [5, 5.41) is 0. The second kappa shape index (κ2) is 24.2. The average Bonchev–Trinajstić information content (AvgIpc) is 2.52. The van der Waals surface area contributed by atoms with Crippen LogP contribution in [-0.2, 0) is 19.1 Å². The molecule has 0 aromatic rings. The van der Waals surface area contributed by atoms with Gasteiger partial charge in [-0.15, -0.1) is 0 Å². The van der Waals surface area contributed by atoms with Crippen molar-refractivity contribution in [2.24, 2.45) is 5.92 Å². The van der Waals surface area contributed by atoms with Crippen molar-refractivity contribution in [1.82, 2.24) is 0 Å². The number of carbonyl (C=O) groups excluding carboxylic acids is 2. The third kappa shape index (κ3) is 32.8. The van der Waals surface area contributed by atoms with Gasteiger partial charge in [0.05, 0.1) is 13.2 Å². The van der Waals surface area contributed by atoms with Crippen LogP contribution in [0.25, 0.3) is 0 Å². The fourth-order valence-electron chi connectivity index (χ4n) is 1.86. The summed E-state index contributed by atoms with van der Waals surface area (Å²) in [4.78, 5) is 20.8. The molecule has 0 radical (unpaired) electrons. The number of rotatable bonds is 10. The molecule has 0 spiro atoms. The number of esters is 2. The number of unbranched alkanes of at least 4 members (excludes halogenated alkanes) is 4. The predicted octanol–water partition coefficient (Wildman–Crippen LogP) is 5.92. The van der Waals surface area contributed by atoms with Crippen LogP contribution in [0.4, 0.5) is 0 Å². The first-order valence-corrected chi connectivity index (χ1v) is 9.68. The molecule has 4 nitrogen and oxygen atoms in total. The maximum absolute atomic E-state index is 11.0. The Bertz CT molecular complexity index is 260. The fraction of sp³-hybridized carbons (Fsp3) is 0.900. The number of hydrogen-bond acceptors (Lipinski definition) is 4. The summed E-state index contributed by atoms with van der Waals surface area (Å²) in [6.45, 7) is 14.7. The van der Waals surface area contributed by atoms with Crippen LogP contribution < -0.4 is 0 Å². The number of hydrogen-bond donors (Lipinski definition) is 0. The summed E-state index contributed by atoms with van der Waals surface area (Å²) < 4.78 is 9.26. The van der Waals surface area contributed by atoms with E-state index in [9.17, 15) is 9.59 Å². The SMILES string of the molecule is CCCCC(C)CC(=O)OCC.CCCCCC.CCOC(C)=O. The third-order valence-electron chi connectivity index (χ3n) is 3.18. The van der Waals surface area contributed by atoms with Gasteiger partial charge in [0.2, 0.25) is 0 Å². The molecule has 0 aliphatic rings. The Morgan fingerprint density at radius 2 is 1.25 bits per heavy atom. The average molecular weight is 347 g/mol. The van der Waals surface area contributed by atoms with Crippen LogP contribution in [0.15, 0.2) is 0 Å². The van der Waals surface area contributed by atoms with Crippen LogP contribution in [0.1, 0.15) is 99.8 Å². The van der Waals surface area contributed by atoms with Gasteiger partial charge in [-0.25, -0.2) is 0 Å². The standard InChI is InChI=1S/C10H20O2.C6H14.C4H8O2/c1-4-6-7-9(3)8-10(11)12-5-2;1-3-5-6-4-2;1-3-6-4(2)5/h9H,4-8H2,1-3H3;3-6H2,1-2H3;3H2,1-2H3. The van der Waals surface area contributed by atoms with Crippen molar-refractivity contribution in [3.63, 3.8) is 0 Å². The highest BCUT2D eigenvalue weighted by Crippen LogP contribution is 2.12. The predicted molar refractivity (Wildman–Crippen MR) is 102 cm³/mol. The molecule has 0 saturated heterocycles. The molecule has 0 saturated carbocycles. The lowest BCUT2D eigenvalue weighted by Crippen LogP contribution is -2.09. The molecular formula is C20H42O4. The Morgan fingerprint density at radius 3 is 1.54 bits per heavy atom. The summed E-state index contributed by atoms with van der Waals surface area (Å²) >= 11 is 0. The second-order valence-corrected chi connectivity index (χ2v) is 5.89. The van der Waals surface area contributed by atoms with Crippen molar-refractivity contribution < 1.29 is 19.1 Å². The summed E-state index contributed by atoms with van der Waals surface area (Å²) in [6.07, 6.45) is 9.66. The van der Waals surface area contributed by atoms with E-state index in [1.807, 2.05) is 6.92 Å². The van der Waals surface area contributed by atoms with E-state index >= 15 is 0 Å². The molecule has 1 atom stereocenters. The number of carbonyl (C=O) groups is 2. The zero-order valence-electron chi connectivity index (χ0n) is 17.3. The summed E-state index contributed by atoms with van der Waals surface area (Å²) in [7, 11) is 0. The van der Waals surface area contributed by atoms with Crippen molar-refractivity contribution in [1.29, 1.82) is 0 Å². The molecule has 146 valence electrons. The van der Waals surface area contributed by atoms with Gasteiger partial charge in [0, 0.05) is 13.3 Å². The Hall–Kier alpha value is -1.06. The van der Waals surface area contributed by atoms with Crippen molar-refractivity contribution >= 4 is 11.9 Å². The molecule has 0 N–H and O–H groups in total. The molecule has 4 heteroatoms. The Balaban J connectivity index is -0.000000309. The minimum absolute atomic E-state index is 0.0545. The second-order valence-electron chi connectivity index (χ2n) is 5.89. The lowest BCUT2D eigenvalue weighted by atomic mass is 10.0. The van der Waals surface area contributed by atoms with Crippen molar-refractivity contribution in [3.05, 3.63) is 0 Å². The highest BCUT2D eigenvalue weighted by Gasteiger charge is 2.08. The molecule has 24 heavy (non-hydrogen) atoms. The first kappa shape index (κ1) is 27.8. The van der Waals surface area contributed by atoms with Gasteiger partial charge in [-0.3, -0.25) is 9.59 Å². The molecule has 0 aromatic carbocycles. The minimum atomic E-state index is -0.211. The molecule has 0 aliphatic carbocycles. The summed E-state index contributed by atoms with van der Waals surface area (Å²) in [5.74, 6) is 0.211. The minimum Gasteiger partial charge on any atom is -0.466 e. The molecule has 0 bridgehead atoms. The molecule has 1 unspecified atom stereocenters. The van der Waals surface area contributed by atoms with E-state index < -0.39 is 0 Å². The van der Waals surface area contributed by atoms with Gasteiger partial charge in [0.1, 0.15) is 0 Å². The summed E-state index contributed by atoms with van der Waals surface area (Å²) in [6, 6.07) is 0. The van der Waals surface area contributed by atoms with Crippen molar-refractivity contribution in [2.75, 3.05) is 13.2 Å². The molecular weight excluding hydrogens is 304 g/mol. The van der Waals surface area contributed by atoms with Crippen molar-refractivity contribution in [3.8, 4) is 0 Å². The molecule has 0 aromatic heterocycles. The van der Waals surface area contributed by atoms with Crippen LogP contribution in [0.2, 0.25) is 0 Å². The van der Waals surface area contributed by atoms with Gasteiger partial charge in [-0.2, -0.15) is 0 Å². The molecule has 0 fully saturated rings. The van der Waals surface area contributed by atoms with Gasteiger partial charge in [-0.1, -0.05) is 72.6 Å². The first-order chi connectivity index (χ1) is 11.4. The Labute approximate surface area is 150 Å². The third-order valence-corrected chi connectivity index (χ3v) is 3.18. The van der Waals surface area contributed by atoms with Gasteiger partial charge in [-0.05, 0) is 19.8 Å². The highest BCUT2D eigenvalue weighted by molar-refractivity contribution is 5.69. The monoisotopic (exact) mass is 346 g/mol. The molecule has 0 heterocycles. The smallest absolute Gasteiger partial charge is 0.306 e. The fourth-order valence-corrected chi connectivity index (χ4v) is 1.86. The van der Waals surface area contributed by atoms with Gasteiger partial charge < -0.3 is 9.47 Å². The van der Waals surface area contributed by atoms with Crippen LogP contribution in [0.5, 0.6) is 0 Å². The van der Waals surface area contributed by atoms with E-state index in [1.54, 1.807) is 6.92 Å². The zero-order valence-corrected chi connectivity index (χ0v) is 17.3.